The molecule has 17 atom stereocenters. The van der Waals surface area contributed by atoms with Gasteiger partial charge in [0.1, 0.15) is 78.0 Å². The maximum atomic E-state index is 14.6. The number of aliphatic hydroxyl groups is 7. The predicted molar refractivity (Wildman–Crippen MR) is 225 cm³/mol. The van der Waals surface area contributed by atoms with E-state index in [1.807, 2.05) is 0 Å². The molecule has 0 spiro atoms. The lowest BCUT2D eigenvalue weighted by atomic mass is 9.95. The average molecular weight is 973 g/mol. The van der Waals surface area contributed by atoms with Crippen LogP contribution in [0.15, 0.2) is 12.5 Å². The van der Waals surface area contributed by atoms with Gasteiger partial charge in [-0.25, -0.2) is 19.7 Å². The number of ketones is 1. The van der Waals surface area contributed by atoms with Gasteiger partial charge in [-0.05, 0) is 20.8 Å². The van der Waals surface area contributed by atoms with Gasteiger partial charge in [-0.1, -0.05) is 6.92 Å². The fourth-order valence-electron chi connectivity index (χ4n) is 7.11. The first kappa shape index (κ1) is 55.0. The lowest BCUT2D eigenvalue weighted by Crippen LogP contribution is -2.65. The van der Waals surface area contributed by atoms with Crippen LogP contribution in [0.3, 0.4) is 0 Å². The Morgan fingerprint density at radius 3 is 2.09 bits per heavy atom. The van der Waals surface area contributed by atoms with Gasteiger partial charge in [-0.15, -0.1) is 0 Å². The second kappa shape index (κ2) is 24.1. The molecule has 2 aromatic heterocycles. The summed E-state index contributed by atoms with van der Waals surface area (Å²) in [4.78, 5) is 92.1. The van der Waals surface area contributed by atoms with E-state index in [9.17, 15) is 64.5 Å². The number of Topliss-reactive ketones (excluding diaryl/α,β-unsaturated/α-hetero) is 1. The van der Waals surface area contributed by atoms with E-state index in [-0.39, 0.29) is 29.4 Å². The molecule has 380 valence electrons. The molecule has 2 aromatic rings. The Kier molecular flexibility index (Phi) is 19.5. The molecule has 4 heterocycles. The Hall–Kier alpha value is -5.61. The first-order valence-corrected chi connectivity index (χ1v) is 20.9. The van der Waals surface area contributed by atoms with E-state index in [4.69, 9.17) is 52.4 Å². The van der Waals surface area contributed by atoms with Crippen LogP contribution < -0.4 is 44.6 Å². The number of nitrogens with two attached hydrogens (primary N) is 5. The van der Waals surface area contributed by atoms with Gasteiger partial charge in [0.25, 0.3) is 5.91 Å². The van der Waals surface area contributed by atoms with Crippen LogP contribution in [0.25, 0.3) is 0 Å². The highest BCUT2D eigenvalue weighted by molar-refractivity contribution is 5.98. The van der Waals surface area contributed by atoms with Crippen molar-refractivity contribution in [1.29, 1.82) is 0 Å². The minimum Gasteiger partial charge on any atom is -0.441 e. The van der Waals surface area contributed by atoms with Crippen molar-refractivity contribution in [2.75, 3.05) is 25.5 Å². The maximum absolute atomic E-state index is 14.6. The minimum absolute atomic E-state index is 0.0590. The molecule has 0 saturated carbocycles. The lowest BCUT2D eigenvalue weighted by molar-refractivity contribution is -0.372. The standard InChI is InChI=1S/C38H60N12O18/c1-11(14(4)53)23(55)13(3)47-35(62)22(49-34(61)21-12(2)31(41)50-33(48-21)16(5-20(40)54)45-6-15(39)32(42)60)28(17-7-44-10-46-17)66-37-30(26(58)24(56)18(8-51)65-37)67-36-27(59)29(68-38(43)63)25(57)19(9-52)64-36/h7,10-11,13,15-16,18-19,22-30,36-37,45,51-52,55-59H,5-6,8-9,39H2,1-4H3,(H2,40,54)(H2,42,60)(H2,43,63)(H,44,46)(H,47,62)(H,49,61)(H2,41,48,50)/t11?,13-,15?,16?,18?,19?,22?,23?,24-,25-,26?,27?,28+,29-,30+,36-,37+/m1/s1. The smallest absolute Gasteiger partial charge is 0.404 e. The first-order valence-electron chi connectivity index (χ1n) is 20.9. The van der Waals surface area contributed by atoms with Gasteiger partial charge in [0.15, 0.2) is 18.7 Å². The summed E-state index contributed by atoms with van der Waals surface area (Å²) in [6, 6.07) is -5.70. The first-order chi connectivity index (χ1) is 31.9. The zero-order valence-corrected chi connectivity index (χ0v) is 37.1. The van der Waals surface area contributed by atoms with Crippen molar-refractivity contribution in [3.05, 3.63) is 35.3 Å². The fourth-order valence-corrected chi connectivity index (χ4v) is 7.11. The Labute approximate surface area is 386 Å². The molecule has 0 bridgehead atoms. The topological polar surface area (TPSA) is 511 Å². The molecule has 5 amide bonds. The van der Waals surface area contributed by atoms with E-state index in [1.165, 1.54) is 33.9 Å². The van der Waals surface area contributed by atoms with Crippen molar-refractivity contribution in [3.63, 3.8) is 0 Å². The molecule has 2 fully saturated rings. The van der Waals surface area contributed by atoms with Crippen molar-refractivity contribution < 1.29 is 88.2 Å². The number of nitrogens with one attached hydrogen (secondary N) is 4. The number of H-pyrrole nitrogens is 1. The number of aromatic amines is 1. The van der Waals surface area contributed by atoms with E-state index in [0.717, 1.165) is 6.33 Å². The van der Waals surface area contributed by atoms with Crippen molar-refractivity contribution in [2.45, 2.75) is 132 Å². The number of nitrogen functional groups attached to an aromatic ring is 1. The highest BCUT2D eigenvalue weighted by Gasteiger charge is 2.53. The number of rotatable bonds is 23. The van der Waals surface area contributed by atoms with Crippen LogP contribution in [0.2, 0.25) is 0 Å². The van der Waals surface area contributed by atoms with Crippen LogP contribution in [0.4, 0.5) is 10.6 Å². The molecule has 30 heteroatoms. The monoisotopic (exact) mass is 972 g/mol. The summed E-state index contributed by atoms with van der Waals surface area (Å²) in [5.41, 5.74) is 27.1. The molecule has 0 aliphatic carbocycles. The number of aromatic nitrogens is 4. The number of primary amides is 3. The summed E-state index contributed by atoms with van der Waals surface area (Å²) in [6.07, 6.45) is -22.4. The van der Waals surface area contributed by atoms with Gasteiger partial charge in [-0.2, -0.15) is 0 Å². The van der Waals surface area contributed by atoms with Gasteiger partial charge < -0.3 is 109 Å². The van der Waals surface area contributed by atoms with E-state index in [2.05, 4.69) is 35.9 Å². The van der Waals surface area contributed by atoms with Crippen molar-refractivity contribution in [1.82, 2.24) is 35.9 Å². The lowest BCUT2D eigenvalue weighted by Gasteiger charge is -2.47. The number of ether oxygens (including phenoxy) is 5. The zero-order chi connectivity index (χ0) is 50.9. The summed E-state index contributed by atoms with van der Waals surface area (Å²) >= 11 is 0. The molecule has 2 saturated heterocycles. The van der Waals surface area contributed by atoms with Gasteiger partial charge in [0.05, 0.1) is 49.5 Å². The average Bonchev–Trinajstić information content (AvgIpc) is 3.82. The molecule has 30 nitrogen and oxygen atoms in total. The Morgan fingerprint density at radius 2 is 1.53 bits per heavy atom. The van der Waals surface area contributed by atoms with Crippen molar-refractivity contribution in [3.8, 4) is 0 Å². The normalized spacial score (nSPS) is 28.2. The van der Waals surface area contributed by atoms with E-state index < -0.39 is 165 Å². The van der Waals surface area contributed by atoms with Crippen LogP contribution in [0.1, 0.15) is 66.9 Å². The summed E-state index contributed by atoms with van der Waals surface area (Å²) in [6.45, 7) is 3.10. The number of hydrogen-bond donors (Lipinski definition) is 16. The number of carbonyl (C=O) groups excluding carboxylic acids is 6. The molecule has 2 aliphatic heterocycles. The molecule has 9 unspecified atom stereocenters. The molecule has 0 aromatic carbocycles. The number of anilines is 1. The number of hydrogen-bond acceptors (Lipinski definition) is 24. The zero-order valence-electron chi connectivity index (χ0n) is 37.1. The van der Waals surface area contributed by atoms with E-state index >= 15 is 0 Å². The van der Waals surface area contributed by atoms with Gasteiger partial charge in [-0.3, -0.25) is 24.0 Å². The van der Waals surface area contributed by atoms with Gasteiger partial charge in [0.2, 0.25) is 17.7 Å². The number of nitrogens with zero attached hydrogens (tertiary/aromatic N) is 3. The largest absolute Gasteiger partial charge is 0.441 e. The molecular formula is C38H60N12O18. The van der Waals surface area contributed by atoms with E-state index in [1.54, 1.807) is 0 Å². The Morgan fingerprint density at radius 1 is 0.897 bits per heavy atom. The summed E-state index contributed by atoms with van der Waals surface area (Å²) in [5.74, 6) is -6.12. The molecule has 0 radical (unpaired) electrons. The second-order valence-corrected chi connectivity index (χ2v) is 16.2. The number of carbonyl (C=O) groups is 6. The van der Waals surface area contributed by atoms with Crippen LogP contribution in [-0.4, -0.2) is 197 Å². The minimum atomic E-state index is -2.12. The van der Waals surface area contributed by atoms with Crippen LogP contribution in [-0.2, 0) is 42.9 Å². The quantitative estimate of drug-likeness (QED) is 0.0492. The third-order valence-corrected chi connectivity index (χ3v) is 11.3. The highest BCUT2D eigenvalue weighted by Crippen LogP contribution is 2.34. The number of aliphatic hydroxyl groups excluding tert-OH is 7. The molecular weight excluding hydrogens is 912 g/mol. The van der Waals surface area contributed by atoms with Crippen LogP contribution >= 0.6 is 0 Å². The predicted octanol–water partition coefficient (Wildman–Crippen LogP) is -7.92. The highest BCUT2D eigenvalue weighted by atomic mass is 16.8. The van der Waals surface area contributed by atoms with E-state index in [0.29, 0.717) is 0 Å². The fraction of sp³-hybridized carbons (Fsp3) is 0.658. The number of imidazole rings is 1. The Bertz CT molecular complexity index is 2070. The maximum Gasteiger partial charge on any atom is 0.404 e. The van der Waals surface area contributed by atoms with Gasteiger partial charge >= 0.3 is 6.09 Å². The number of amides is 5. The summed E-state index contributed by atoms with van der Waals surface area (Å²) < 4.78 is 28.4. The molecule has 2 aliphatic rings. The van der Waals surface area contributed by atoms with Gasteiger partial charge in [0, 0.05) is 30.6 Å². The second-order valence-electron chi connectivity index (χ2n) is 16.2. The van der Waals surface area contributed by atoms with Crippen LogP contribution in [0.5, 0.6) is 0 Å². The molecule has 68 heavy (non-hydrogen) atoms. The molecule has 4 rings (SSSR count). The summed E-state index contributed by atoms with van der Waals surface area (Å²) in [7, 11) is 0. The van der Waals surface area contributed by atoms with Crippen molar-refractivity contribution in [2.24, 2.45) is 28.9 Å². The third-order valence-electron chi connectivity index (χ3n) is 11.3. The third kappa shape index (κ3) is 13.3. The summed E-state index contributed by atoms with van der Waals surface area (Å²) in [5, 5.41) is 83.1. The molecule has 21 N–H and O–H groups in total. The Balaban J connectivity index is 1.84. The van der Waals surface area contributed by atoms with Crippen LogP contribution in [0, 0.1) is 12.8 Å². The van der Waals surface area contributed by atoms with Crippen molar-refractivity contribution >= 4 is 41.3 Å². The SMILES string of the molecule is CC(=O)C(C)C(O)[C@@H](C)NC(=O)C(NC(=O)c1nc(C(CC(N)=O)NCC(N)C(N)=O)nc(N)c1C)[C@@H](O[C@@H]1OC(CO)[C@@H](O)C(O)[C@@H]1O[C@H]1OC(CO)[C@@H](O)[C@@H](OC(N)=O)C1O)c1c[nH]cn1.